The zero-order chi connectivity index (χ0) is 36.3. The Hall–Kier alpha value is -5.59. The van der Waals surface area contributed by atoms with Gasteiger partial charge in [-0.1, -0.05) is 24.3 Å². The first-order chi connectivity index (χ1) is 24.6. The molecule has 13 heteroatoms. The van der Waals surface area contributed by atoms with Gasteiger partial charge >= 0.3 is 0 Å². The number of nitrogens with one attached hydrogen (secondary N) is 2. The smallest absolute Gasteiger partial charge is 0.300 e. The molecule has 13 nitrogen and oxygen atoms in total. The molecule has 7 rings (SSSR count). The van der Waals surface area contributed by atoms with E-state index in [1.807, 2.05) is 41.3 Å². The molecule has 51 heavy (non-hydrogen) atoms. The summed E-state index contributed by atoms with van der Waals surface area (Å²) in [6.45, 7) is 3.39. The number of rotatable bonds is 5. The largest absolute Gasteiger partial charge is 0.496 e. The molecule has 0 radical (unpaired) electrons. The van der Waals surface area contributed by atoms with E-state index in [1.165, 1.54) is 0 Å². The normalized spacial score (nSPS) is 18.9. The highest BCUT2D eigenvalue weighted by Crippen LogP contribution is 2.33. The van der Waals surface area contributed by atoms with Crippen molar-refractivity contribution in [3.8, 4) is 28.4 Å². The number of carbonyl (C=O) groups is 5. The van der Waals surface area contributed by atoms with Crippen LogP contribution in [-0.4, -0.2) is 96.5 Å². The Balaban J connectivity index is 0.00000120. The van der Waals surface area contributed by atoms with Crippen molar-refractivity contribution in [2.24, 2.45) is 0 Å². The molecule has 270 valence electrons. The van der Waals surface area contributed by atoms with Crippen LogP contribution in [0, 0.1) is 0 Å². The van der Waals surface area contributed by atoms with Crippen LogP contribution >= 0.6 is 0 Å². The summed E-state index contributed by atoms with van der Waals surface area (Å²) in [7, 11) is 1.57. The van der Waals surface area contributed by atoms with Gasteiger partial charge in [0.25, 0.3) is 17.8 Å². The summed E-state index contributed by atoms with van der Waals surface area (Å²) in [5, 5.41) is 13.5. The van der Waals surface area contributed by atoms with Crippen molar-refractivity contribution < 1.29 is 43.3 Å². The van der Waals surface area contributed by atoms with E-state index < -0.39 is 12.0 Å². The van der Waals surface area contributed by atoms with E-state index in [0.29, 0.717) is 80.2 Å². The lowest BCUT2D eigenvalue weighted by Gasteiger charge is -2.39. The second-order valence-electron chi connectivity index (χ2n) is 12.6. The molecule has 4 aliphatic heterocycles. The zero-order valence-electron chi connectivity index (χ0n) is 28.9. The second kappa shape index (κ2) is 17.4. The number of methoxy groups -OCH3 is 1. The van der Waals surface area contributed by atoms with Crippen molar-refractivity contribution in [1.82, 2.24) is 20.4 Å². The minimum Gasteiger partial charge on any atom is -0.496 e. The van der Waals surface area contributed by atoms with E-state index in [-0.39, 0.29) is 36.3 Å². The molecule has 0 unspecified atom stereocenters. The van der Waals surface area contributed by atoms with E-state index in [9.17, 15) is 19.2 Å². The molecule has 2 fully saturated rings. The number of carbonyl (C=O) groups excluding carboxylic acids is 4. The Morgan fingerprint density at radius 2 is 1.76 bits per heavy atom. The van der Waals surface area contributed by atoms with Crippen LogP contribution in [0.25, 0.3) is 11.1 Å². The summed E-state index contributed by atoms with van der Waals surface area (Å²) in [5.41, 5.74) is 2.76. The lowest BCUT2D eigenvalue weighted by atomic mass is 9.99. The monoisotopic (exact) mass is 700 g/mol. The van der Waals surface area contributed by atoms with E-state index in [4.69, 9.17) is 24.1 Å². The number of benzene rings is 3. The van der Waals surface area contributed by atoms with Crippen molar-refractivity contribution >= 4 is 29.6 Å². The number of nitrogens with zero attached hydrogens (tertiary/aromatic N) is 2. The van der Waals surface area contributed by atoms with Crippen molar-refractivity contribution in [1.29, 1.82) is 0 Å². The molecule has 3 aromatic carbocycles. The molecule has 2 saturated heterocycles. The number of carboxylic acid groups (broad SMARTS) is 1. The van der Waals surface area contributed by atoms with Gasteiger partial charge in [0.1, 0.15) is 23.4 Å². The molecule has 2 atom stereocenters. The number of aliphatic carboxylic acids is 1. The van der Waals surface area contributed by atoms with Crippen LogP contribution in [0.5, 0.6) is 17.2 Å². The SMILES string of the molecule is CC(=O)O.COc1ccc2cc1-c1cccc(c1)OCC(=O)NCc1ccc(cc1)O[C@@H]1CCN(C(=O)CCCN3CCCC3=O)C[C@H]1NC2=O. The molecule has 0 aromatic heterocycles. The Kier molecular flexibility index (Phi) is 12.5. The molecular formula is C38H44N4O9. The van der Waals surface area contributed by atoms with Crippen LogP contribution in [-0.2, 0) is 25.7 Å². The number of fused-ring (bicyclic) bond motifs is 7. The number of ether oxygens (including phenoxy) is 3. The number of amides is 4. The third kappa shape index (κ3) is 10.2. The third-order valence-corrected chi connectivity index (χ3v) is 8.89. The summed E-state index contributed by atoms with van der Waals surface area (Å²) in [4.78, 5) is 64.2. The summed E-state index contributed by atoms with van der Waals surface area (Å²) >= 11 is 0. The average molecular weight is 701 g/mol. The molecule has 4 heterocycles. The lowest BCUT2D eigenvalue weighted by Crippen LogP contribution is -2.58. The second-order valence-corrected chi connectivity index (χ2v) is 12.6. The van der Waals surface area contributed by atoms with Crippen LogP contribution < -0.4 is 24.8 Å². The molecule has 3 N–H and O–H groups in total. The number of hydrogen-bond donors (Lipinski definition) is 3. The van der Waals surface area contributed by atoms with Gasteiger partial charge in [-0.3, -0.25) is 24.0 Å². The maximum absolute atomic E-state index is 13.8. The quantitative estimate of drug-likeness (QED) is 0.361. The van der Waals surface area contributed by atoms with Gasteiger partial charge < -0.3 is 39.8 Å². The standard InChI is InChI=1S/C36H40N4O7.C2H4O2/c1-45-31-14-11-26-20-29(31)25-5-2-6-28(19-25)46-23-33(41)37-21-24-9-12-27(13-10-24)47-32-15-18-40(22-30(32)38-36(26)44)35(43)8-4-17-39-16-3-7-34(39)42;1-2(3)4/h2,5-6,9-14,19-20,30,32H,3-4,7-8,15-18,21-23H2,1H3,(H,37,41)(H,38,44);1H3,(H,3,4)/t30-,32-;/m1./s1. The maximum Gasteiger partial charge on any atom is 0.300 e. The van der Waals surface area contributed by atoms with Gasteiger partial charge in [-0.25, -0.2) is 0 Å². The minimum absolute atomic E-state index is 0.00369. The number of piperidine rings is 1. The highest BCUT2D eigenvalue weighted by atomic mass is 16.5. The fraction of sp³-hybridized carbons (Fsp3) is 0.395. The molecule has 3 aromatic rings. The van der Waals surface area contributed by atoms with Crippen molar-refractivity contribution in [2.75, 3.05) is 39.9 Å². The Morgan fingerprint density at radius 3 is 2.49 bits per heavy atom. The summed E-state index contributed by atoms with van der Waals surface area (Å²) in [6, 6.07) is 19.5. The van der Waals surface area contributed by atoms with Crippen LogP contribution in [0.4, 0.5) is 0 Å². The van der Waals surface area contributed by atoms with Gasteiger partial charge in [0.05, 0.1) is 13.2 Å². The zero-order valence-corrected chi connectivity index (χ0v) is 28.9. The van der Waals surface area contributed by atoms with Gasteiger partial charge in [-0.15, -0.1) is 0 Å². The van der Waals surface area contributed by atoms with Gasteiger partial charge in [-0.05, 0) is 66.4 Å². The maximum atomic E-state index is 13.8. The summed E-state index contributed by atoms with van der Waals surface area (Å²) < 4.78 is 17.8. The Bertz CT molecular complexity index is 1720. The van der Waals surface area contributed by atoms with Gasteiger partial charge in [0.15, 0.2) is 6.61 Å². The van der Waals surface area contributed by atoms with Crippen LogP contribution in [0.3, 0.4) is 0 Å². The summed E-state index contributed by atoms with van der Waals surface area (Å²) in [5.74, 6) is 0.471. The fourth-order valence-corrected chi connectivity index (χ4v) is 6.30. The predicted molar refractivity (Wildman–Crippen MR) is 187 cm³/mol. The van der Waals surface area contributed by atoms with Crippen molar-refractivity contribution in [2.45, 2.75) is 57.7 Å². The van der Waals surface area contributed by atoms with Crippen molar-refractivity contribution in [3.05, 3.63) is 77.9 Å². The lowest BCUT2D eigenvalue weighted by molar-refractivity contribution is -0.135. The fourth-order valence-electron chi connectivity index (χ4n) is 6.30. The Morgan fingerprint density at radius 1 is 0.980 bits per heavy atom. The van der Waals surface area contributed by atoms with E-state index in [2.05, 4.69) is 10.6 Å². The van der Waals surface area contributed by atoms with Crippen LogP contribution in [0.2, 0.25) is 0 Å². The molecule has 4 amide bonds. The number of carboxylic acids is 1. The first-order valence-electron chi connectivity index (χ1n) is 17.1. The number of hydrogen-bond acceptors (Lipinski definition) is 8. The first-order valence-corrected chi connectivity index (χ1v) is 17.1. The van der Waals surface area contributed by atoms with Gasteiger partial charge in [0, 0.05) is 70.0 Å². The van der Waals surface area contributed by atoms with E-state index >= 15 is 0 Å². The predicted octanol–water partition coefficient (Wildman–Crippen LogP) is 3.64. The van der Waals surface area contributed by atoms with Crippen LogP contribution in [0.15, 0.2) is 66.7 Å². The van der Waals surface area contributed by atoms with Gasteiger partial charge in [0.2, 0.25) is 11.8 Å². The van der Waals surface area contributed by atoms with Crippen LogP contribution in [0.1, 0.15) is 54.9 Å². The third-order valence-electron chi connectivity index (χ3n) is 8.89. The highest BCUT2D eigenvalue weighted by molar-refractivity contribution is 5.96. The molecule has 0 spiro atoms. The molecule has 0 saturated carbocycles. The topological polar surface area (TPSA) is 164 Å². The molecular weight excluding hydrogens is 656 g/mol. The first kappa shape index (κ1) is 36.7. The Labute approximate surface area is 296 Å². The van der Waals surface area contributed by atoms with Crippen molar-refractivity contribution in [3.63, 3.8) is 0 Å². The van der Waals surface area contributed by atoms with E-state index in [1.54, 1.807) is 42.3 Å². The highest BCUT2D eigenvalue weighted by Gasteiger charge is 2.34. The average Bonchev–Trinajstić information content (AvgIpc) is 3.54. The van der Waals surface area contributed by atoms with E-state index in [0.717, 1.165) is 31.0 Å². The molecule has 6 bridgehead atoms. The molecule has 0 aliphatic carbocycles. The summed E-state index contributed by atoms with van der Waals surface area (Å²) in [6.07, 6.45) is 2.54. The molecule has 4 aliphatic rings. The minimum atomic E-state index is -0.833. The van der Waals surface area contributed by atoms with Gasteiger partial charge in [-0.2, -0.15) is 0 Å². The number of likely N-dealkylation sites (tertiary alicyclic amines) is 2.